The molecule has 0 N–H and O–H groups in total. The number of amides is 2. The quantitative estimate of drug-likeness (QED) is 0.760. The molecule has 0 aromatic rings. The lowest BCUT2D eigenvalue weighted by Gasteiger charge is -2.35. The third-order valence-corrected chi connectivity index (χ3v) is 4.40. The average molecular weight is 281 g/mol. The molecule has 2 aliphatic heterocycles. The summed E-state index contributed by atoms with van der Waals surface area (Å²) in [6, 6.07) is 0. The lowest BCUT2D eigenvalue weighted by molar-refractivity contribution is -0.137. The Morgan fingerprint density at radius 2 is 2.10 bits per heavy atom. The van der Waals surface area contributed by atoms with Crippen LogP contribution in [0.4, 0.5) is 0 Å². The molecule has 5 nitrogen and oxygen atoms in total. The Morgan fingerprint density at radius 1 is 1.35 bits per heavy atom. The molecule has 0 aliphatic carbocycles. The van der Waals surface area contributed by atoms with Crippen LogP contribution in [-0.2, 0) is 9.59 Å². The molecule has 114 valence electrons. The number of likely N-dealkylation sites (tertiary alicyclic amines) is 2. The van der Waals surface area contributed by atoms with E-state index in [0.717, 1.165) is 26.1 Å². The number of rotatable bonds is 4. The predicted octanol–water partition coefficient (Wildman–Crippen LogP) is 0.655. The smallest absolute Gasteiger partial charge is 0.228 e. The van der Waals surface area contributed by atoms with Gasteiger partial charge in [-0.3, -0.25) is 9.59 Å². The summed E-state index contributed by atoms with van der Waals surface area (Å²) in [5.41, 5.74) is 0. The number of hydrogen-bond donors (Lipinski definition) is 0. The fourth-order valence-electron chi connectivity index (χ4n) is 3.43. The lowest BCUT2D eigenvalue weighted by Crippen LogP contribution is -2.45. The maximum Gasteiger partial charge on any atom is 0.228 e. The van der Waals surface area contributed by atoms with Gasteiger partial charge in [-0.25, -0.2) is 0 Å². The summed E-state index contributed by atoms with van der Waals surface area (Å²) in [6.07, 6.45) is 2.69. The molecule has 0 radical (unpaired) electrons. The number of piperidine rings is 1. The highest BCUT2D eigenvalue weighted by Crippen LogP contribution is 2.24. The molecule has 0 unspecified atom stereocenters. The van der Waals surface area contributed by atoms with Crippen LogP contribution in [-0.4, -0.2) is 73.3 Å². The van der Waals surface area contributed by atoms with Gasteiger partial charge in [0.2, 0.25) is 11.8 Å². The van der Waals surface area contributed by atoms with Crippen LogP contribution in [0.3, 0.4) is 0 Å². The summed E-state index contributed by atoms with van der Waals surface area (Å²) in [7, 11) is 4.16. The highest BCUT2D eigenvalue weighted by atomic mass is 16.2. The lowest BCUT2D eigenvalue weighted by atomic mass is 9.96. The van der Waals surface area contributed by atoms with Crippen molar-refractivity contribution in [2.45, 2.75) is 26.2 Å². The molecular formula is C15H27N3O2. The van der Waals surface area contributed by atoms with Gasteiger partial charge in [-0.15, -0.1) is 0 Å². The fraction of sp³-hybridized carbons (Fsp3) is 0.867. The molecule has 2 saturated heterocycles. The van der Waals surface area contributed by atoms with Crippen molar-refractivity contribution in [1.29, 1.82) is 0 Å². The molecular weight excluding hydrogens is 254 g/mol. The highest BCUT2D eigenvalue weighted by Gasteiger charge is 2.37. The molecule has 2 atom stereocenters. The van der Waals surface area contributed by atoms with Gasteiger partial charge in [-0.1, -0.05) is 0 Å². The minimum absolute atomic E-state index is 0.111. The van der Waals surface area contributed by atoms with Gasteiger partial charge >= 0.3 is 0 Å². The zero-order chi connectivity index (χ0) is 14.7. The van der Waals surface area contributed by atoms with Crippen LogP contribution >= 0.6 is 0 Å². The van der Waals surface area contributed by atoms with E-state index in [1.807, 2.05) is 11.8 Å². The van der Waals surface area contributed by atoms with E-state index in [0.29, 0.717) is 25.4 Å². The Kier molecular flexibility index (Phi) is 5.02. The van der Waals surface area contributed by atoms with Gasteiger partial charge in [0.15, 0.2) is 0 Å². The largest absolute Gasteiger partial charge is 0.342 e. The maximum atomic E-state index is 12.6. The molecule has 0 saturated carbocycles. The van der Waals surface area contributed by atoms with Gasteiger partial charge in [0, 0.05) is 39.1 Å². The van der Waals surface area contributed by atoms with Crippen molar-refractivity contribution in [3.05, 3.63) is 0 Å². The number of carbonyl (C=O) groups excluding carboxylic acids is 2. The van der Waals surface area contributed by atoms with Crippen LogP contribution in [0.1, 0.15) is 26.2 Å². The SMILES string of the molecule is CCN1C[C@@H](C(=O)N2CCC[C@@H](CN(C)C)C2)CC1=O. The Balaban J connectivity index is 1.90. The Morgan fingerprint density at radius 3 is 2.70 bits per heavy atom. The van der Waals surface area contributed by atoms with Crippen LogP contribution in [0.5, 0.6) is 0 Å². The molecule has 0 bridgehead atoms. The molecule has 2 aliphatic rings. The molecule has 5 heteroatoms. The van der Waals surface area contributed by atoms with E-state index in [-0.39, 0.29) is 17.7 Å². The summed E-state index contributed by atoms with van der Waals surface area (Å²) in [6.45, 7) is 6.05. The van der Waals surface area contributed by atoms with Crippen molar-refractivity contribution in [3.63, 3.8) is 0 Å². The van der Waals surface area contributed by atoms with Crippen LogP contribution < -0.4 is 0 Å². The summed E-state index contributed by atoms with van der Waals surface area (Å²) < 4.78 is 0. The van der Waals surface area contributed by atoms with E-state index in [9.17, 15) is 9.59 Å². The van der Waals surface area contributed by atoms with Crippen molar-refractivity contribution < 1.29 is 9.59 Å². The van der Waals surface area contributed by atoms with Gasteiger partial charge in [0.25, 0.3) is 0 Å². The zero-order valence-corrected chi connectivity index (χ0v) is 13.0. The van der Waals surface area contributed by atoms with Crippen LogP contribution in [0.25, 0.3) is 0 Å². The normalized spacial score (nSPS) is 27.5. The second-order valence-corrected chi connectivity index (χ2v) is 6.39. The van der Waals surface area contributed by atoms with Crippen molar-refractivity contribution >= 4 is 11.8 Å². The molecule has 0 aromatic carbocycles. The van der Waals surface area contributed by atoms with E-state index >= 15 is 0 Å². The van der Waals surface area contributed by atoms with Crippen LogP contribution in [0.15, 0.2) is 0 Å². The number of carbonyl (C=O) groups is 2. The maximum absolute atomic E-state index is 12.6. The summed E-state index contributed by atoms with van der Waals surface area (Å²) in [5.74, 6) is 0.785. The summed E-state index contributed by atoms with van der Waals surface area (Å²) in [5, 5.41) is 0. The second-order valence-electron chi connectivity index (χ2n) is 6.39. The van der Waals surface area contributed by atoms with Crippen molar-refractivity contribution in [2.24, 2.45) is 11.8 Å². The first-order valence-corrected chi connectivity index (χ1v) is 7.72. The first-order valence-electron chi connectivity index (χ1n) is 7.72. The topological polar surface area (TPSA) is 43.9 Å². The van der Waals surface area contributed by atoms with Gasteiger partial charge in [-0.05, 0) is 39.8 Å². The first kappa shape index (κ1) is 15.3. The molecule has 0 aromatic heterocycles. The molecule has 20 heavy (non-hydrogen) atoms. The van der Waals surface area contributed by atoms with E-state index < -0.39 is 0 Å². The van der Waals surface area contributed by atoms with Crippen molar-refractivity contribution in [1.82, 2.24) is 14.7 Å². The average Bonchev–Trinajstić information content (AvgIpc) is 2.78. The van der Waals surface area contributed by atoms with Crippen LogP contribution in [0, 0.1) is 11.8 Å². The third-order valence-electron chi connectivity index (χ3n) is 4.40. The summed E-state index contributed by atoms with van der Waals surface area (Å²) in [4.78, 5) is 30.3. The molecule has 2 amide bonds. The van der Waals surface area contributed by atoms with Crippen molar-refractivity contribution in [3.8, 4) is 0 Å². The Bertz CT molecular complexity index is 370. The predicted molar refractivity (Wildman–Crippen MR) is 78.2 cm³/mol. The standard InChI is InChI=1S/C15H27N3O2/c1-4-17-11-13(8-14(17)19)15(20)18-7-5-6-12(10-18)9-16(2)3/h12-13H,4-11H2,1-3H3/t12-,13-/m0/s1. The first-order chi connectivity index (χ1) is 9.51. The van der Waals surface area contributed by atoms with Gasteiger partial charge < -0.3 is 14.7 Å². The second kappa shape index (κ2) is 6.57. The van der Waals surface area contributed by atoms with E-state index in [4.69, 9.17) is 0 Å². The minimum Gasteiger partial charge on any atom is -0.342 e. The van der Waals surface area contributed by atoms with Gasteiger partial charge in [0.1, 0.15) is 0 Å². The van der Waals surface area contributed by atoms with Crippen molar-refractivity contribution in [2.75, 3.05) is 46.8 Å². The Labute approximate surface area is 121 Å². The van der Waals surface area contributed by atoms with Gasteiger partial charge in [-0.2, -0.15) is 0 Å². The molecule has 0 spiro atoms. The molecule has 2 fully saturated rings. The minimum atomic E-state index is -0.111. The highest BCUT2D eigenvalue weighted by molar-refractivity contribution is 5.89. The number of hydrogen-bond acceptors (Lipinski definition) is 3. The van der Waals surface area contributed by atoms with E-state index in [2.05, 4.69) is 19.0 Å². The van der Waals surface area contributed by atoms with Crippen LogP contribution in [0.2, 0.25) is 0 Å². The fourth-order valence-corrected chi connectivity index (χ4v) is 3.43. The molecule has 2 rings (SSSR count). The van der Waals surface area contributed by atoms with E-state index in [1.165, 1.54) is 6.42 Å². The third kappa shape index (κ3) is 3.51. The van der Waals surface area contributed by atoms with E-state index in [1.54, 1.807) is 4.90 Å². The monoisotopic (exact) mass is 281 g/mol. The Hall–Kier alpha value is -1.10. The zero-order valence-electron chi connectivity index (χ0n) is 13.0. The number of nitrogens with zero attached hydrogens (tertiary/aromatic N) is 3. The summed E-state index contributed by atoms with van der Waals surface area (Å²) >= 11 is 0. The van der Waals surface area contributed by atoms with Gasteiger partial charge in [0.05, 0.1) is 5.92 Å². The molecule has 2 heterocycles.